The molecule has 0 aliphatic rings. The molecule has 1 amide bonds. The molecule has 6 nitrogen and oxygen atoms in total. The molecule has 0 bridgehead atoms. The topological polar surface area (TPSA) is 80.2 Å². The normalized spacial score (nSPS) is 11.4. The summed E-state index contributed by atoms with van der Waals surface area (Å²) in [5, 5.41) is 15.5. The van der Waals surface area contributed by atoms with Crippen LogP contribution in [-0.2, 0) is 10.4 Å². The Hall–Kier alpha value is -3.71. The average Bonchev–Trinajstić information content (AvgIpc) is 2.80. The van der Waals surface area contributed by atoms with Gasteiger partial charge in [0.2, 0.25) is 0 Å². The zero-order valence-corrected chi connectivity index (χ0v) is 17.9. The predicted octanol–water partition coefficient (Wildman–Crippen LogP) is 4.01. The van der Waals surface area contributed by atoms with Gasteiger partial charge in [-0.25, -0.2) is 9.82 Å². The van der Waals surface area contributed by atoms with Gasteiger partial charge in [0, 0.05) is 0 Å². The average molecular weight is 436 g/mol. The van der Waals surface area contributed by atoms with Crippen molar-refractivity contribution in [2.45, 2.75) is 19.4 Å². The second-order valence-electron chi connectivity index (χ2n) is 6.88. The van der Waals surface area contributed by atoms with Crippen LogP contribution in [-0.4, -0.2) is 30.4 Å². The standard InChI is InChI=1S/C25H25FN2O4/c1-3-31-22-12-8-19(9-13-22)25(30,20-10-14-23(15-11-20)32-4-2)24(29)28-27-17-18-6-5-7-21(26)16-18/h5-17,30H,3-4H2,1-2H3,(H,28,29). The third-order valence-electron chi connectivity index (χ3n) is 4.72. The number of carbonyl (C=O) groups excluding carboxylic acids is 1. The van der Waals surface area contributed by atoms with Crippen LogP contribution >= 0.6 is 0 Å². The number of rotatable bonds is 9. The first-order valence-corrected chi connectivity index (χ1v) is 10.3. The Labute approximate surface area is 186 Å². The highest BCUT2D eigenvalue weighted by Gasteiger charge is 2.40. The molecule has 32 heavy (non-hydrogen) atoms. The summed E-state index contributed by atoms with van der Waals surface area (Å²) in [6.45, 7) is 4.73. The highest BCUT2D eigenvalue weighted by Crippen LogP contribution is 2.32. The van der Waals surface area contributed by atoms with E-state index in [1.54, 1.807) is 54.6 Å². The number of benzene rings is 3. The Morgan fingerprint density at radius 1 is 0.969 bits per heavy atom. The first kappa shape index (κ1) is 23.0. The summed E-state index contributed by atoms with van der Waals surface area (Å²) in [5.41, 5.74) is 1.47. The molecule has 2 N–H and O–H groups in total. The minimum Gasteiger partial charge on any atom is -0.494 e. The van der Waals surface area contributed by atoms with Crippen molar-refractivity contribution in [3.63, 3.8) is 0 Å². The molecule has 3 rings (SSSR count). The van der Waals surface area contributed by atoms with E-state index >= 15 is 0 Å². The lowest BCUT2D eigenvalue weighted by Crippen LogP contribution is -2.43. The largest absolute Gasteiger partial charge is 0.494 e. The summed E-state index contributed by atoms with van der Waals surface area (Å²) in [6.07, 6.45) is 1.30. The molecule has 0 saturated heterocycles. The number of carbonyl (C=O) groups is 1. The monoisotopic (exact) mass is 436 g/mol. The van der Waals surface area contributed by atoms with Crippen molar-refractivity contribution in [2.75, 3.05) is 13.2 Å². The molecular weight excluding hydrogens is 411 g/mol. The maximum atomic E-state index is 13.4. The second-order valence-corrected chi connectivity index (χ2v) is 6.88. The second kappa shape index (κ2) is 10.5. The van der Waals surface area contributed by atoms with Crippen molar-refractivity contribution in [1.29, 1.82) is 0 Å². The van der Waals surface area contributed by atoms with E-state index in [4.69, 9.17) is 9.47 Å². The van der Waals surface area contributed by atoms with E-state index < -0.39 is 17.3 Å². The number of aliphatic hydroxyl groups is 1. The van der Waals surface area contributed by atoms with Crippen LogP contribution in [0.5, 0.6) is 11.5 Å². The summed E-state index contributed by atoms with van der Waals surface area (Å²) in [6, 6.07) is 19.0. The number of nitrogens with zero attached hydrogens (tertiary/aromatic N) is 1. The van der Waals surface area contributed by atoms with Crippen LogP contribution < -0.4 is 14.9 Å². The number of hydrogen-bond acceptors (Lipinski definition) is 5. The highest BCUT2D eigenvalue weighted by atomic mass is 19.1. The molecule has 0 aliphatic heterocycles. The van der Waals surface area contributed by atoms with E-state index in [0.717, 1.165) is 0 Å². The van der Waals surface area contributed by atoms with Crippen LogP contribution in [0.1, 0.15) is 30.5 Å². The highest BCUT2D eigenvalue weighted by molar-refractivity contribution is 5.91. The van der Waals surface area contributed by atoms with Gasteiger partial charge in [0.1, 0.15) is 17.3 Å². The Balaban J connectivity index is 1.92. The van der Waals surface area contributed by atoms with Crippen LogP contribution in [0, 0.1) is 5.82 Å². The maximum absolute atomic E-state index is 13.4. The molecule has 166 valence electrons. The summed E-state index contributed by atoms with van der Waals surface area (Å²) < 4.78 is 24.3. The minimum atomic E-state index is -2.03. The number of hydrazone groups is 1. The predicted molar refractivity (Wildman–Crippen MR) is 120 cm³/mol. The SMILES string of the molecule is CCOc1ccc(C(O)(C(=O)NN=Cc2cccc(F)c2)c2ccc(OCC)cc2)cc1. The molecule has 3 aromatic carbocycles. The van der Waals surface area contributed by atoms with Crippen LogP contribution in [0.25, 0.3) is 0 Å². The van der Waals surface area contributed by atoms with Crippen molar-refractivity contribution in [1.82, 2.24) is 5.43 Å². The number of nitrogens with one attached hydrogen (secondary N) is 1. The Kier molecular flexibility index (Phi) is 7.57. The van der Waals surface area contributed by atoms with Crippen molar-refractivity contribution in [2.24, 2.45) is 5.10 Å². The summed E-state index contributed by atoms with van der Waals surface area (Å²) >= 11 is 0. The Morgan fingerprint density at radius 3 is 1.97 bits per heavy atom. The third-order valence-corrected chi connectivity index (χ3v) is 4.72. The summed E-state index contributed by atoms with van der Waals surface area (Å²) in [4.78, 5) is 13.1. The fraction of sp³-hybridized carbons (Fsp3) is 0.200. The fourth-order valence-electron chi connectivity index (χ4n) is 3.18. The van der Waals surface area contributed by atoms with E-state index in [0.29, 0.717) is 41.4 Å². The number of hydrogen-bond donors (Lipinski definition) is 2. The molecule has 0 aromatic heterocycles. The van der Waals surface area contributed by atoms with Gasteiger partial charge in [0.25, 0.3) is 5.91 Å². The Morgan fingerprint density at radius 2 is 1.50 bits per heavy atom. The minimum absolute atomic E-state index is 0.337. The molecule has 0 atom stereocenters. The number of halogens is 1. The quantitative estimate of drug-likeness (QED) is 0.392. The van der Waals surface area contributed by atoms with Crippen LogP contribution in [0.3, 0.4) is 0 Å². The zero-order valence-electron chi connectivity index (χ0n) is 17.9. The van der Waals surface area contributed by atoms with Crippen LogP contribution in [0.15, 0.2) is 77.9 Å². The lowest BCUT2D eigenvalue weighted by atomic mass is 9.85. The molecule has 0 saturated carbocycles. The molecule has 0 aliphatic carbocycles. The smallest absolute Gasteiger partial charge is 0.281 e. The van der Waals surface area contributed by atoms with E-state index in [9.17, 15) is 14.3 Å². The van der Waals surface area contributed by atoms with Crippen molar-refractivity contribution < 1.29 is 23.8 Å². The van der Waals surface area contributed by atoms with Crippen LogP contribution in [0.4, 0.5) is 4.39 Å². The van der Waals surface area contributed by atoms with Gasteiger partial charge in [-0.2, -0.15) is 5.10 Å². The van der Waals surface area contributed by atoms with Gasteiger partial charge in [-0.05, 0) is 66.9 Å². The van der Waals surface area contributed by atoms with E-state index in [1.165, 1.54) is 24.4 Å². The lowest BCUT2D eigenvalue weighted by Gasteiger charge is -2.27. The molecular formula is C25H25FN2O4. The van der Waals surface area contributed by atoms with Crippen LogP contribution in [0.2, 0.25) is 0 Å². The molecule has 0 unspecified atom stereocenters. The van der Waals surface area contributed by atoms with Gasteiger partial charge in [0.15, 0.2) is 5.60 Å². The Bertz CT molecular complexity index is 1020. The van der Waals surface area contributed by atoms with Crippen molar-refractivity contribution in [3.05, 3.63) is 95.3 Å². The summed E-state index contributed by atoms with van der Waals surface area (Å²) in [5.74, 6) is 0.0590. The van der Waals surface area contributed by atoms with Gasteiger partial charge < -0.3 is 14.6 Å². The lowest BCUT2D eigenvalue weighted by molar-refractivity contribution is -0.136. The first-order chi connectivity index (χ1) is 15.5. The van der Waals surface area contributed by atoms with Crippen molar-refractivity contribution >= 4 is 12.1 Å². The van der Waals surface area contributed by atoms with E-state index in [2.05, 4.69) is 10.5 Å². The number of ether oxygens (including phenoxy) is 2. The molecule has 7 heteroatoms. The summed E-state index contributed by atoms with van der Waals surface area (Å²) in [7, 11) is 0. The maximum Gasteiger partial charge on any atom is 0.281 e. The molecule has 0 heterocycles. The van der Waals surface area contributed by atoms with Gasteiger partial charge in [-0.1, -0.05) is 36.4 Å². The molecule has 0 spiro atoms. The zero-order chi connectivity index (χ0) is 23.0. The van der Waals surface area contributed by atoms with E-state index in [-0.39, 0.29) is 0 Å². The van der Waals surface area contributed by atoms with Gasteiger partial charge in [-0.3, -0.25) is 4.79 Å². The molecule has 3 aromatic rings. The van der Waals surface area contributed by atoms with Gasteiger partial charge in [-0.15, -0.1) is 0 Å². The fourth-order valence-corrected chi connectivity index (χ4v) is 3.18. The van der Waals surface area contributed by atoms with Crippen molar-refractivity contribution in [3.8, 4) is 11.5 Å². The van der Waals surface area contributed by atoms with Gasteiger partial charge >= 0.3 is 0 Å². The first-order valence-electron chi connectivity index (χ1n) is 10.3. The van der Waals surface area contributed by atoms with Gasteiger partial charge in [0.05, 0.1) is 19.4 Å². The molecule has 0 fully saturated rings. The number of amides is 1. The third kappa shape index (κ3) is 5.31. The molecule has 0 radical (unpaired) electrons. The van der Waals surface area contributed by atoms with E-state index in [1.807, 2.05) is 13.8 Å².